The van der Waals surface area contributed by atoms with E-state index in [4.69, 9.17) is 11.6 Å². The number of unbranched alkanes of at least 4 members (excludes halogenated alkanes) is 2. The van der Waals surface area contributed by atoms with Gasteiger partial charge in [-0.2, -0.15) is 0 Å². The van der Waals surface area contributed by atoms with Gasteiger partial charge in [0.1, 0.15) is 5.82 Å². The fraction of sp³-hybridized carbons (Fsp3) is 0.263. The highest BCUT2D eigenvalue weighted by Crippen LogP contribution is 2.31. The molecule has 0 atom stereocenters. The second-order valence-electron chi connectivity index (χ2n) is 5.62. The minimum atomic E-state index is -0.379. The maximum atomic E-state index is 13.5. The fourth-order valence-corrected chi connectivity index (χ4v) is 3.46. The molecule has 0 fully saturated rings. The first-order valence-electron chi connectivity index (χ1n) is 7.80. The van der Waals surface area contributed by atoms with Crippen molar-refractivity contribution in [3.63, 3.8) is 0 Å². The molecule has 0 aliphatic rings. The van der Waals surface area contributed by atoms with E-state index < -0.39 is 0 Å². The number of alkyl halides is 1. The van der Waals surface area contributed by atoms with Crippen molar-refractivity contribution in [2.45, 2.75) is 25.8 Å². The molecule has 0 bridgehead atoms. The van der Waals surface area contributed by atoms with Crippen LogP contribution in [0.25, 0.3) is 22.2 Å². The summed E-state index contributed by atoms with van der Waals surface area (Å²) in [5.41, 5.74) is 3.25. The quantitative estimate of drug-likeness (QED) is 0.325. The average molecular weight is 395 g/mol. The highest BCUT2D eigenvalue weighted by molar-refractivity contribution is 9.09. The Bertz CT molecular complexity index is 812. The SMILES string of the molecule is Fc1ccc(-c2cc3ccccc3n2CCCCCBr)cc1Cl. The molecule has 0 spiro atoms. The van der Waals surface area contributed by atoms with Gasteiger partial charge in [0.15, 0.2) is 0 Å². The smallest absolute Gasteiger partial charge is 0.141 e. The lowest BCUT2D eigenvalue weighted by Crippen LogP contribution is -2.00. The van der Waals surface area contributed by atoms with Crippen LogP contribution in [0.2, 0.25) is 5.02 Å². The molecule has 120 valence electrons. The van der Waals surface area contributed by atoms with Gasteiger partial charge in [-0.3, -0.25) is 0 Å². The van der Waals surface area contributed by atoms with Crippen LogP contribution in [0.5, 0.6) is 0 Å². The molecular weight excluding hydrogens is 377 g/mol. The number of nitrogens with zero attached hydrogens (tertiary/aromatic N) is 1. The number of para-hydroxylation sites is 1. The number of halogens is 3. The third-order valence-corrected chi connectivity index (χ3v) is 4.89. The number of aromatic nitrogens is 1. The largest absolute Gasteiger partial charge is 0.340 e. The first-order chi connectivity index (χ1) is 11.2. The summed E-state index contributed by atoms with van der Waals surface area (Å²) in [4.78, 5) is 0. The summed E-state index contributed by atoms with van der Waals surface area (Å²) >= 11 is 9.45. The van der Waals surface area contributed by atoms with Crippen molar-refractivity contribution in [2.24, 2.45) is 0 Å². The highest BCUT2D eigenvalue weighted by Gasteiger charge is 2.11. The molecule has 1 nitrogen and oxygen atoms in total. The molecule has 0 unspecified atom stereocenters. The number of hydrogen-bond donors (Lipinski definition) is 0. The van der Waals surface area contributed by atoms with Gasteiger partial charge in [0, 0.05) is 28.5 Å². The molecule has 1 heterocycles. The van der Waals surface area contributed by atoms with Crippen molar-refractivity contribution in [3.8, 4) is 11.3 Å². The van der Waals surface area contributed by atoms with Gasteiger partial charge in [0.25, 0.3) is 0 Å². The van der Waals surface area contributed by atoms with Crippen molar-refractivity contribution >= 4 is 38.4 Å². The number of fused-ring (bicyclic) bond motifs is 1. The highest BCUT2D eigenvalue weighted by atomic mass is 79.9. The zero-order valence-corrected chi connectivity index (χ0v) is 15.1. The van der Waals surface area contributed by atoms with Crippen LogP contribution < -0.4 is 0 Å². The van der Waals surface area contributed by atoms with Gasteiger partial charge >= 0.3 is 0 Å². The Balaban J connectivity index is 2.02. The third-order valence-electron chi connectivity index (χ3n) is 4.04. The van der Waals surface area contributed by atoms with Gasteiger partial charge in [-0.15, -0.1) is 0 Å². The zero-order valence-electron chi connectivity index (χ0n) is 12.7. The van der Waals surface area contributed by atoms with Crippen LogP contribution in [0.4, 0.5) is 4.39 Å². The molecule has 0 saturated carbocycles. The molecule has 0 aliphatic heterocycles. The Morgan fingerprint density at radius 2 is 1.83 bits per heavy atom. The molecule has 0 amide bonds. The third kappa shape index (κ3) is 3.61. The second-order valence-corrected chi connectivity index (χ2v) is 6.82. The van der Waals surface area contributed by atoms with Gasteiger partial charge in [0.05, 0.1) is 5.02 Å². The zero-order chi connectivity index (χ0) is 16.2. The van der Waals surface area contributed by atoms with Crippen LogP contribution in [0.1, 0.15) is 19.3 Å². The van der Waals surface area contributed by atoms with E-state index >= 15 is 0 Å². The average Bonchev–Trinajstić information content (AvgIpc) is 2.93. The van der Waals surface area contributed by atoms with E-state index in [0.29, 0.717) is 0 Å². The summed E-state index contributed by atoms with van der Waals surface area (Å²) < 4.78 is 15.8. The molecule has 0 radical (unpaired) electrons. The summed E-state index contributed by atoms with van der Waals surface area (Å²) in [5, 5.41) is 2.40. The Kier molecular flexibility index (Phi) is 5.39. The van der Waals surface area contributed by atoms with Crippen molar-refractivity contribution < 1.29 is 4.39 Å². The van der Waals surface area contributed by atoms with Crippen LogP contribution in [0.3, 0.4) is 0 Å². The fourth-order valence-electron chi connectivity index (χ4n) is 2.89. The topological polar surface area (TPSA) is 4.93 Å². The predicted molar refractivity (Wildman–Crippen MR) is 100.0 cm³/mol. The molecule has 2 aromatic carbocycles. The van der Waals surface area contributed by atoms with Crippen LogP contribution >= 0.6 is 27.5 Å². The van der Waals surface area contributed by atoms with Crippen LogP contribution in [0.15, 0.2) is 48.5 Å². The van der Waals surface area contributed by atoms with E-state index in [9.17, 15) is 4.39 Å². The Morgan fingerprint density at radius 1 is 1.00 bits per heavy atom. The molecular formula is C19H18BrClFN. The molecule has 3 aromatic rings. The number of hydrogen-bond acceptors (Lipinski definition) is 0. The molecule has 0 N–H and O–H groups in total. The molecule has 0 saturated heterocycles. The lowest BCUT2D eigenvalue weighted by atomic mass is 10.1. The standard InChI is InChI=1S/C19H18BrClFN/c20-10-4-1-5-11-23-18-7-3-2-6-14(18)13-19(23)15-8-9-17(22)16(21)12-15/h2-3,6-9,12-13H,1,4-5,10-11H2. The van der Waals surface area contributed by atoms with Gasteiger partial charge in [-0.1, -0.05) is 52.2 Å². The number of aryl methyl sites for hydroxylation is 1. The summed E-state index contributed by atoms with van der Waals surface area (Å²) in [6.07, 6.45) is 3.48. The van der Waals surface area contributed by atoms with Gasteiger partial charge in [-0.25, -0.2) is 4.39 Å². The van der Waals surface area contributed by atoms with Crippen molar-refractivity contribution in [1.82, 2.24) is 4.57 Å². The number of benzene rings is 2. The minimum Gasteiger partial charge on any atom is -0.340 e. The monoisotopic (exact) mass is 393 g/mol. The summed E-state index contributed by atoms with van der Waals surface area (Å²) in [7, 11) is 0. The molecule has 1 aromatic heterocycles. The molecule has 4 heteroatoms. The molecule has 3 rings (SSSR count). The summed E-state index contributed by atoms with van der Waals surface area (Å²) in [6, 6.07) is 15.4. The Labute approximate surface area is 149 Å². The normalized spacial score (nSPS) is 11.3. The van der Waals surface area contributed by atoms with E-state index in [0.717, 1.165) is 29.6 Å². The van der Waals surface area contributed by atoms with E-state index in [-0.39, 0.29) is 10.8 Å². The van der Waals surface area contributed by atoms with E-state index in [1.165, 1.54) is 29.8 Å². The maximum Gasteiger partial charge on any atom is 0.141 e. The lowest BCUT2D eigenvalue weighted by Gasteiger charge is -2.11. The van der Waals surface area contributed by atoms with Gasteiger partial charge in [0.2, 0.25) is 0 Å². The van der Waals surface area contributed by atoms with Crippen LogP contribution in [0, 0.1) is 5.82 Å². The van der Waals surface area contributed by atoms with Gasteiger partial charge in [-0.05, 0) is 48.7 Å². The summed E-state index contributed by atoms with van der Waals surface area (Å²) in [5.74, 6) is -0.379. The van der Waals surface area contributed by atoms with Gasteiger partial charge < -0.3 is 4.57 Å². The second kappa shape index (κ2) is 7.50. The maximum absolute atomic E-state index is 13.5. The van der Waals surface area contributed by atoms with Crippen molar-refractivity contribution in [3.05, 3.63) is 59.4 Å². The molecule has 23 heavy (non-hydrogen) atoms. The number of rotatable bonds is 6. The summed E-state index contributed by atoms with van der Waals surface area (Å²) in [6.45, 7) is 0.949. The van der Waals surface area contributed by atoms with Crippen molar-refractivity contribution in [2.75, 3.05) is 5.33 Å². The van der Waals surface area contributed by atoms with E-state index in [2.05, 4.69) is 44.8 Å². The van der Waals surface area contributed by atoms with Crippen LogP contribution in [-0.2, 0) is 6.54 Å². The van der Waals surface area contributed by atoms with E-state index in [1.54, 1.807) is 12.1 Å². The Morgan fingerprint density at radius 3 is 2.61 bits per heavy atom. The minimum absolute atomic E-state index is 0.165. The van der Waals surface area contributed by atoms with E-state index in [1.807, 2.05) is 6.07 Å². The first kappa shape index (κ1) is 16.5. The lowest BCUT2D eigenvalue weighted by molar-refractivity contribution is 0.621. The van der Waals surface area contributed by atoms with Crippen LogP contribution in [-0.4, -0.2) is 9.90 Å². The van der Waals surface area contributed by atoms with Crippen molar-refractivity contribution in [1.29, 1.82) is 0 Å². The molecule has 0 aliphatic carbocycles. The predicted octanol–water partition coefficient (Wildman–Crippen LogP) is 6.67. The Hall–Kier alpha value is -1.32. The first-order valence-corrected chi connectivity index (χ1v) is 9.30.